The van der Waals surface area contributed by atoms with Gasteiger partial charge in [-0.05, 0) is 55.7 Å². The maximum absolute atomic E-state index is 11.4. The first-order valence-corrected chi connectivity index (χ1v) is 7.71. The maximum Gasteiger partial charge on any atom is 0.306 e. The smallest absolute Gasteiger partial charge is 0.306 e. The van der Waals surface area contributed by atoms with Crippen LogP contribution in [0, 0.1) is 18.8 Å². The van der Waals surface area contributed by atoms with Crippen molar-refractivity contribution in [1.29, 1.82) is 0 Å². The molecule has 0 unspecified atom stereocenters. The molecule has 0 bridgehead atoms. The molecular weight excluding hydrogens is 286 g/mol. The number of carbonyl (C=O) groups is 1. The van der Waals surface area contributed by atoms with Gasteiger partial charge in [-0.1, -0.05) is 30.0 Å². The average Bonchev–Trinajstić information content (AvgIpc) is 2.53. The summed E-state index contributed by atoms with van der Waals surface area (Å²) in [5.74, 6) is 6.07. The first-order valence-electron chi connectivity index (χ1n) is 7.71. The molecule has 2 N–H and O–H groups in total. The van der Waals surface area contributed by atoms with Crippen molar-refractivity contribution in [3.8, 4) is 11.8 Å². The third-order valence-corrected chi connectivity index (χ3v) is 3.40. The first kappa shape index (κ1) is 16.6. The monoisotopic (exact) mass is 307 g/mol. The number of anilines is 1. The molecule has 118 valence electrons. The molecule has 3 heteroatoms. The van der Waals surface area contributed by atoms with Crippen LogP contribution in [0.1, 0.15) is 35.6 Å². The molecular formula is C20H21NO2. The van der Waals surface area contributed by atoms with Crippen LogP contribution < -0.4 is 5.73 Å². The molecule has 2 aromatic rings. The highest BCUT2D eigenvalue weighted by atomic mass is 16.5. The fourth-order valence-electron chi connectivity index (χ4n) is 2.21. The Morgan fingerprint density at radius 2 is 2.00 bits per heavy atom. The number of hydrogen-bond acceptors (Lipinski definition) is 3. The van der Waals surface area contributed by atoms with E-state index in [2.05, 4.69) is 11.8 Å². The topological polar surface area (TPSA) is 52.3 Å². The van der Waals surface area contributed by atoms with E-state index in [-0.39, 0.29) is 5.97 Å². The van der Waals surface area contributed by atoms with Crippen molar-refractivity contribution in [3.63, 3.8) is 0 Å². The summed E-state index contributed by atoms with van der Waals surface area (Å²) in [6.07, 6.45) is 0.987. The van der Waals surface area contributed by atoms with E-state index in [0.29, 0.717) is 25.1 Å². The summed E-state index contributed by atoms with van der Waals surface area (Å²) in [6.45, 7) is 4.25. The van der Waals surface area contributed by atoms with Crippen molar-refractivity contribution in [3.05, 3.63) is 64.7 Å². The lowest BCUT2D eigenvalue weighted by Crippen LogP contribution is -2.05. The predicted octanol–water partition coefficient (Wildman–Crippen LogP) is 3.47. The highest BCUT2D eigenvalue weighted by molar-refractivity contribution is 5.70. The van der Waals surface area contributed by atoms with E-state index in [0.717, 1.165) is 16.7 Å². The second kappa shape index (κ2) is 8.05. The van der Waals surface area contributed by atoms with Gasteiger partial charge in [-0.2, -0.15) is 0 Å². The number of benzene rings is 2. The summed E-state index contributed by atoms with van der Waals surface area (Å²) in [7, 11) is 0. The summed E-state index contributed by atoms with van der Waals surface area (Å²) in [6, 6.07) is 13.7. The van der Waals surface area contributed by atoms with E-state index in [1.807, 2.05) is 49.4 Å². The first-order chi connectivity index (χ1) is 11.1. The van der Waals surface area contributed by atoms with Gasteiger partial charge in [0.2, 0.25) is 0 Å². The summed E-state index contributed by atoms with van der Waals surface area (Å²) in [4.78, 5) is 11.4. The molecule has 2 aromatic carbocycles. The van der Waals surface area contributed by atoms with Crippen molar-refractivity contribution in [1.82, 2.24) is 0 Å². The Morgan fingerprint density at radius 1 is 1.17 bits per heavy atom. The van der Waals surface area contributed by atoms with Crippen LogP contribution >= 0.6 is 0 Å². The van der Waals surface area contributed by atoms with Crippen LogP contribution in [-0.4, -0.2) is 12.6 Å². The normalized spacial score (nSPS) is 9.83. The van der Waals surface area contributed by atoms with Crippen molar-refractivity contribution in [2.75, 3.05) is 12.3 Å². The standard InChI is InChI=1S/C20H21NO2/c1-3-23-20(22)12-9-17-8-11-19(21)18(14-17)10-7-16-6-4-5-15(2)13-16/h4-6,8,11,13-14H,3,9,12,21H2,1-2H3. The van der Waals surface area contributed by atoms with Gasteiger partial charge in [-0.3, -0.25) is 4.79 Å². The third-order valence-electron chi connectivity index (χ3n) is 3.40. The number of rotatable bonds is 4. The molecule has 0 amide bonds. The van der Waals surface area contributed by atoms with Crippen LogP contribution in [0.4, 0.5) is 5.69 Å². The second-order valence-electron chi connectivity index (χ2n) is 5.35. The van der Waals surface area contributed by atoms with E-state index in [1.165, 1.54) is 5.56 Å². The Morgan fingerprint density at radius 3 is 2.74 bits per heavy atom. The van der Waals surface area contributed by atoms with Gasteiger partial charge >= 0.3 is 5.97 Å². The fourth-order valence-corrected chi connectivity index (χ4v) is 2.21. The largest absolute Gasteiger partial charge is 0.466 e. The van der Waals surface area contributed by atoms with E-state index >= 15 is 0 Å². The van der Waals surface area contributed by atoms with Crippen molar-refractivity contribution < 1.29 is 9.53 Å². The van der Waals surface area contributed by atoms with Crippen LogP contribution in [0.3, 0.4) is 0 Å². The van der Waals surface area contributed by atoms with Gasteiger partial charge < -0.3 is 10.5 Å². The summed E-state index contributed by atoms with van der Waals surface area (Å²) >= 11 is 0. The Hall–Kier alpha value is -2.73. The highest BCUT2D eigenvalue weighted by Crippen LogP contribution is 2.15. The van der Waals surface area contributed by atoms with Crippen LogP contribution in [0.2, 0.25) is 0 Å². The van der Waals surface area contributed by atoms with E-state index < -0.39 is 0 Å². The molecule has 0 aromatic heterocycles. The van der Waals surface area contributed by atoms with Crippen LogP contribution in [0.25, 0.3) is 0 Å². The number of esters is 1. The summed E-state index contributed by atoms with van der Waals surface area (Å²) in [5.41, 5.74) is 10.6. The Bertz CT molecular complexity index is 754. The Kier molecular flexibility index (Phi) is 5.82. The average molecular weight is 307 g/mol. The van der Waals surface area contributed by atoms with Gasteiger partial charge in [0.05, 0.1) is 6.61 Å². The van der Waals surface area contributed by atoms with Gasteiger partial charge in [0.25, 0.3) is 0 Å². The van der Waals surface area contributed by atoms with Crippen LogP contribution in [0.5, 0.6) is 0 Å². The van der Waals surface area contributed by atoms with Crippen LogP contribution in [-0.2, 0) is 16.0 Å². The Balaban J connectivity index is 2.13. The quantitative estimate of drug-likeness (QED) is 0.534. The predicted molar refractivity (Wildman–Crippen MR) is 93.0 cm³/mol. The molecule has 0 saturated carbocycles. The molecule has 0 atom stereocenters. The minimum absolute atomic E-state index is 0.184. The van der Waals surface area contributed by atoms with Gasteiger partial charge in [0.1, 0.15) is 0 Å². The maximum atomic E-state index is 11.4. The minimum Gasteiger partial charge on any atom is -0.466 e. The van der Waals surface area contributed by atoms with Gasteiger partial charge in [-0.15, -0.1) is 0 Å². The molecule has 0 radical (unpaired) electrons. The Labute approximate surface area is 137 Å². The number of nitrogens with two attached hydrogens (primary N) is 1. The molecule has 0 spiro atoms. The number of ether oxygens (including phenoxy) is 1. The van der Waals surface area contributed by atoms with Crippen molar-refractivity contribution >= 4 is 11.7 Å². The SMILES string of the molecule is CCOC(=O)CCc1ccc(N)c(C#Cc2cccc(C)c2)c1. The van der Waals surface area contributed by atoms with E-state index in [9.17, 15) is 4.79 Å². The second-order valence-corrected chi connectivity index (χ2v) is 5.35. The molecule has 2 rings (SSSR count). The molecule has 0 fully saturated rings. The van der Waals surface area contributed by atoms with E-state index in [1.54, 1.807) is 6.92 Å². The summed E-state index contributed by atoms with van der Waals surface area (Å²) < 4.78 is 4.94. The van der Waals surface area contributed by atoms with Gasteiger partial charge in [0, 0.05) is 23.2 Å². The zero-order valence-corrected chi connectivity index (χ0v) is 13.6. The molecule has 0 aliphatic carbocycles. The van der Waals surface area contributed by atoms with Gasteiger partial charge in [-0.25, -0.2) is 0 Å². The number of aryl methyl sites for hydroxylation is 2. The number of carbonyl (C=O) groups excluding carboxylic acids is 1. The van der Waals surface area contributed by atoms with Crippen molar-refractivity contribution in [2.45, 2.75) is 26.7 Å². The molecule has 23 heavy (non-hydrogen) atoms. The lowest BCUT2D eigenvalue weighted by atomic mass is 10.0. The number of nitrogen functional groups attached to an aromatic ring is 1. The third kappa shape index (κ3) is 5.19. The molecule has 0 heterocycles. The van der Waals surface area contributed by atoms with Crippen molar-refractivity contribution in [2.24, 2.45) is 0 Å². The molecule has 0 aliphatic heterocycles. The zero-order chi connectivity index (χ0) is 16.7. The number of hydrogen-bond donors (Lipinski definition) is 1. The molecule has 0 saturated heterocycles. The van der Waals surface area contributed by atoms with Gasteiger partial charge in [0.15, 0.2) is 0 Å². The van der Waals surface area contributed by atoms with Crippen LogP contribution in [0.15, 0.2) is 42.5 Å². The lowest BCUT2D eigenvalue weighted by Gasteiger charge is -2.05. The molecule has 0 aliphatic rings. The fraction of sp³-hybridized carbons (Fsp3) is 0.250. The lowest BCUT2D eigenvalue weighted by molar-refractivity contribution is -0.143. The zero-order valence-electron chi connectivity index (χ0n) is 13.6. The minimum atomic E-state index is -0.184. The molecule has 3 nitrogen and oxygen atoms in total. The highest BCUT2D eigenvalue weighted by Gasteiger charge is 2.04. The van der Waals surface area contributed by atoms with E-state index in [4.69, 9.17) is 10.5 Å². The summed E-state index contributed by atoms with van der Waals surface area (Å²) in [5, 5.41) is 0.